The normalized spacial score (nSPS) is 12.3. The quantitative estimate of drug-likeness (QED) is 0.797. The second-order valence-corrected chi connectivity index (χ2v) is 6.51. The van der Waals surface area contributed by atoms with Gasteiger partial charge in [0.25, 0.3) is 0 Å². The highest BCUT2D eigenvalue weighted by atomic mass is 19.1. The molecule has 0 bridgehead atoms. The van der Waals surface area contributed by atoms with E-state index in [-0.39, 0.29) is 18.4 Å². The maximum atomic E-state index is 13.8. The molecule has 0 heterocycles. The Morgan fingerprint density at radius 3 is 2.44 bits per heavy atom. The maximum Gasteiger partial charge on any atom is 0.238 e. The van der Waals surface area contributed by atoms with Crippen molar-refractivity contribution in [2.45, 2.75) is 39.7 Å². The van der Waals surface area contributed by atoms with E-state index in [1.165, 1.54) is 12.1 Å². The fourth-order valence-corrected chi connectivity index (χ4v) is 2.73. The Bertz CT molecular complexity index is 759. The van der Waals surface area contributed by atoms with Crippen LogP contribution in [0.5, 0.6) is 0 Å². The van der Waals surface area contributed by atoms with Gasteiger partial charge in [-0.2, -0.15) is 0 Å². The van der Waals surface area contributed by atoms with Crippen molar-refractivity contribution >= 4 is 11.6 Å². The number of nitrogens with one attached hydrogen (secondary N) is 2. The minimum absolute atomic E-state index is 0.0316. The van der Waals surface area contributed by atoms with E-state index in [1.54, 1.807) is 6.92 Å². The second kappa shape index (κ2) is 8.21. The summed E-state index contributed by atoms with van der Waals surface area (Å²) >= 11 is 0. The lowest BCUT2D eigenvalue weighted by Gasteiger charge is -2.18. The Kier molecular flexibility index (Phi) is 6.26. The molecule has 0 radical (unpaired) electrons. The summed E-state index contributed by atoms with van der Waals surface area (Å²) in [4.78, 5) is 12.3. The first-order chi connectivity index (χ1) is 11.8. The summed E-state index contributed by atoms with van der Waals surface area (Å²) < 4.78 is 26.8. The molecule has 0 fully saturated rings. The highest BCUT2D eigenvalue weighted by Crippen LogP contribution is 2.27. The van der Waals surface area contributed by atoms with Gasteiger partial charge in [-0.3, -0.25) is 4.79 Å². The molecular formula is C20H24F2N2O. The molecule has 2 rings (SSSR count). The van der Waals surface area contributed by atoms with E-state index in [0.29, 0.717) is 5.56 Å². The number of rotatable bonds is 6. The summed E-state index contributed by atoms with van der Waals surface area (Å²) in [7, 11) is 0. The van der Waals surface area contributed by atoms with Crippen molar-refractivity contribution in [2.75, 3.05) is 11.9 Å². The van der Waals surface area contributed by atoms with Crippen LogP contribution in [-0.4, -0.2) is 12.5 Å². The van der Waals surface area contributed by atoms with Crippen LogP contribution in [0.3, 0.4) is 0 Å². The van der Waals surface area contributed by atoms with Gasteiger partial charge in [-0.05, 0) is 37.0 Å². The molecule has 3 nitrogen and oxygen atoms in total. The van der Waals surface area contributed by atoms with Crippen molar-refractivity contribution in [1.82, 2.24) is 5.32 Å². The van der Waals surface area contributed by atoms with E-state index < -0.39 is 17.7 Å². The fraction of sp³-hybridized carbons (Fsp3) is 0.350. The van der Waals surface area contributed by atoms with Crippen LogP contribution in [0, 0.1) is 18.6 Å². The average molecular weight is 346 g/mol. The lowest BCUT2D eigenvalue weighted by atomic mass is 9.98. The summed E-state index contributed by atoms with van der Waals surface area (Å²) in [6, 6.07) is 8.95. The van der Waals surface area contributed by atoms with Crippen LogP contribution < -0.4 is 10.6 Å². The van der Waals surface area contributed by atoms with Crippen LogP contribution in [0.25, 0.3) is 0 Å². The van der Waals surface area contributed by atoms with Crippen molar-refractivity contribution in [1.29, 1.82) is 0 Å². The number of amides is 1. The van der Waals surface area contributed by atoms with E-state index in [2.05, 4.69) is 24.5 Å². The Morgan fingerprint density at radius 1 is 1.08 bits per heavy atom. The molecule has 0 aromatic heterocycles. The third kappa shape index (κ3) is 4.86. The largest absolute Gasteiger partial charge is 0.324 e. The summed E-state index contributed by atoms with van der Waals surface area (Å²) in [6.45, 7) is 7.86. The minimum Gasteiger partial charge on any atom is -0.324 e. The van der Waals surface area contributed by atoms with Gasteiger partial charge in [0.2, 0.25) is 5.91 Å². The molecule has 1 atom stereocenters. The number of carbonyl (C=O) groups is 1. The molecule has 2 aromatic carbocycles. The van der Waals surface area contributed by atoms with Gasteiger partial charge in [-0.1, -0.05) is 38.1 Å². The second-order valence-electron chi connectivity index (χ2n) is 6.51. The zero-order chi connectivity index (χ0) is 18.6. The van der Waals surface area contributed by atoms with Crippen LogP contribution >= 0.6 is 0 Å². The van der Waals surface area contributed by atoms with Crippen LogP contribution in [0.15, 0.2) is 36.4 Å². The Balaban J connectivity index is 2.02. The molecule has 2 N–H and O–H groups in total. The van der Waals surface area contributed by atoms with E-state index in [4.69, 9.17) is 0 Å². The van der Waals surface area contributed by atoms with Gasteiger partial charge in [-0.25, -0.2) is 8.78 Å². The highest BCUT2D eigenvalue weighted by molar-refractivity contribution is 5.94. The molecule has 5 heteroatoms. The Morgan fingerprint density at radius 2 is 1.80 bits per heavy atom. The Hall–Kier alpha value is -2.27. The number of aryl methyl sites for hydroxylation is 1. The van der Waals surface area contributed by atoms with Crippen molar-refractivity contribution in [3.63, 3.8) is 0 Å². The molecule has 0 saturated carbocycles. The summed E-state index contributed by atoms with van der Waals surface area (Å²) in [6.07, 6.45) is 0. The van der Waals surface area contributed by atoms with Gasteiger partial charge in [0.15, 0.2) is 0 Å². The molecular weight excluding hydrogens is 322 g/mol. The maximum absolute atomic E-state index is 13.8. The third-order valence-corrected chi connectivity index (χ3v) is 4.19. The molecule has 25 heavy (non-hydrogen) atoms. The summed E-state index contributed by atoms with van der Waals surface area (Å²) in [5.74, 6) is -1.16. The number of anilines is 1. The summed E-state index contributed by atoms with van der Waals surface area (Å²) in [5.41, 5.74) is 3.22. The lowest BCUT2D eigenvalue weighted by molar-refractivity contribution is -0.115. The highest BCUT2D eigenvalue weighted by Gasteiger charge is 2.15. The topological polar surface area (TPSA) is 41.1 Å². The smallest absolute Gasteiger partial charge is 0.238 e. The van der Waals surface area contributed by atoms with Gasteiger partial charge in [-0.15, -0.1) is 0 Å². The van der Waals surface area contributed by atoms with E-state index in [9.17, 15) is 13.6 Å². The number of hydrogen-bond acceptors (Lipinski definition) is 2. The molecule has 0 aliphatic rings. The SMILES string of the molecule is Cc1cccc(C(C)C)c1NC(=O)CN[C@H](C)c1ccc(F)cc1F. The van der Waals surface area contributed by atoms with Crippen LogP contribution in [0.2, 0.25) is 0 Å². The van der Waals surface area contributed by atoms with E-state index in [0.717, 1.165) is 22.9 Å². The number of benzene rings is 2. The lowest BCUT2D eigenvalue weighted by Crippen LogP contribution is -2.31. The third-order valence-electron chi connectivity index (χ3n) is 4.19. The van der Waals surface area contributed by atoms with Crippen LogP contribution in [-0.2, 0) is 4.79 Å². The molecule has 0 aliphatic carbocycles. The molecule has 0 unspecified atom stereocenters. The predicted molar refractivity (Wildman–Crippen MR) is 96.7 cm³/mol. The van der Waals surface area contributed by atoms with E-state index in [1.807, 2.05) is 25.1 Å². The zero-order valence-corrected chi connectivity index (χ0v) is 15.0. The number of hydrogen-bond donors (Lipinski definition) is 2. The van der Waals surface area contributed by atoms with Crippen LogP contribution in [0.1, 0.15) is 49.4 Å². The first kappa shape index (κ1) is 19.1. The molecule has 0 saturated heterocycles. The Labute approximate surface area is 147 Å². The molecule has 0 spiro atoms. The molecule has 0 aliphatic heterocycles. The summed E-state index contributed by atoms with van der Waals surface area (Å²) in [5, 5.41) is 5.91. The van der Waals surface area contributed by atoms with Crippen LogP contribution in [0.4, 0.5) is 14.5 Å². The fourth-order valence-electron chi connectivity index (χ4n) is 2.73. The molecule has 2 aromatic rings. The molecule has 1 amide bonds. The number of carbonyl (C=O) groups excluding carboxylic acids is 1. The van der Waals surface area contributed by atoms with Crippen molar-refractivity contribution in [3.05, 3.63) is 64.7 Å². The first-order valence-corrected chi connectivity index (χ1v) is 8.37. The average Bonchev–Trinajstić information content (AvgIpc) is 2.54. The number of halogens is 2. The van der Waals surface area contributed by atoms with Gasteiger partial charge in [0.1, 0.15) is 11.6 Å². The minimum atomic E-state index is -0.624. The van der Waals surface area contributed by atoms with Gasteiger partial charge in [0.05, 0.1) is 6.54 Å². The van der Waals surface area contributed by atoms with Crippen molar-refractivity contribution < 1.29 is 13.6 Å². The standard InChI is InChI=1S/C20H24F2N2O/c1-12(2)16-7-5-6-13(3)20(16)24-19(25)11-23-14(4)17-9-8-15(21)10-18(17)22/h5-10,12,14,23H,11H2,1-4H3,(H,24,25)/t14-/m1/s1. The predicted octanol–water partition coefficient (Wildman–Crippen LogP) is 4.69. The molecule has 134 valence electrons. The zero-order valence-electron chi connectivity index (χ0n) is 15.0. The van der Waals surface area contributed by atoms with Crippen molar-refractivity contribution in [2.24, 2.45) is 0 Å². The monoisotopic (exact) mass is 346 g/mol. The van der Waals surface area contributed by atoms with Gasteiger partial charge < -0.3 is 10.6 Å². The first-order valence-electron chi connectivity index (χ1n) is 8.37. The number of para-hydroxylation sites is 1. The van der Waals surface area contributed by atoms with Crippen molar-refractivity contribution in [3.8, 4) is 0 Å². The van der Waals surface area contributed by atoms with E-state index >= 15 is 0 Å². The van der Waals surface area contributed by atoms with Gasteiger partial charge in [0, 0.05) is 23.4 Å². The van der Waals surface area contributed by atoms with Gasteiger partial charge >= 0.3 is 0 Å².